The van der Waals surface area contributed by atoms with Crippen molar-refractivity contribution in [3.05, 3.63) is 48.6 Å². The van der Waals surface area contributed by atoms with Crippen LogP contribution in [0.15, 0.2) is 48.6 Å². The molecule has 0 radical (unpaired) electrons. The number of carboxylic acid groups (broad SMARTS) is 1. The Kier molecular flexibility index (Phi) is 31.6. The standard InChI is InChI=1S/C41H71NO8/c1-6-8-10-12-14-16-18-20-22-24-26-28-30-32-39(44)50-37(36-49-41(40(45)46)47-34-33-42(3,4)5)35-48-38(43)31-29-27-25-23-21-19-17-15-13-11-9-7-2/h8,10,14-17,20,22,37,41H,6-7,9,11-13,18-19,21,23-36H2,1-5H3/p+1/b10-8-,16-14-,17-15-,22-20-. The number of rotatable bonds is 34. The van der Waals surface area contributed by atoms with E-state index in [0.717, 1.165) is 77.0 Å². The molecule has 1 N–H and O–H groups in total. The molecule has 0 spiro atoms. The van der Waals surface area contributed by atoms with Gasteiger partial charge in [0.2, 0.25) is 0 Å². The van der Waals surface area contributed by atoms with Crippen molar-refractivity contribution in [1.29, 1.82) is 0 Å². The Balaban J connectivity index is 4.62. The van der Waals surface area contributed by atoms with Crippen LogP contribution in [0.4, 0.5) is 0 Å². The molecule has 0 bridgehead atoms. The Hall–Kier alpha value is -2.75. The van der Waals surface area contributed by atoms with Gasteiger partial charge in [0.15, 0.2) is 6.10 Å². The average Bonchev–Trinajstić information content (AvgIpc) is 3.06. The lowest BCUT2D eigenvalue weighted by Gasteiger charge is -2.25. The average molecular weight is 707 g/mol. The minimum atomic E-state index is -1.52. The van der Waals surface area contributed by atoms with Gasteiger partial charge in [0.1, 0.15) is 13.2 Å². The van der Waals surface area contributed by atoms with Crippen LogP contribution in [0.5, 0.6) is 0 Å². The highest BCUT2D eigenvalue weighted by molar-refractivity contribution is 5.71. The molecule has 2 unspecified atom stereocenters. The van der Waals surface area contributed by atoms with Crippen molar-refractivity contribution >= 4 is 17.9 Å². The minimum Gasteiger partial charge on any atom is -0.477 e. The van der Waals surface area contributed by atoms with Crippen molar-refractivity contribution in [2.75, 3.05) is 47.5 Å². The van der Waals surface area contributed by atoms with E-state index in [1.807, 2.05) is 21.1 Å². The molecule has 0 fully saturated rings. The van der Waals surface area contributed by atoms with Gasteiger partial charge in [0, 0.05) is 12.8 Å². The van der Waals surface area contributed by atoms with E-state index in [1.165, 1.54) is 25.7 Å². The summed E-state index contributed by atoms with van der Waals surface area (Å²) in [6.07, 6.45) is 33.2. The molecule has 0 rings (SSSR count). The zero-order valence-corrected chi connectivity index (χ0v) is 32.3. The summed E-state index contributed by atoms with van der Waals surface area (Å²) >= 11 is 0. The largest absolute Gasteiger partial charge is 0.477 e. The summed E-state index contributed by atoms with van der Waals surface area (Å²) in [5, 5.41) is 9.58. The summed E-state index contributed by atoms with van der Waals surface area (Å²) in [7, 11) is 5.92. The predicted molar refractivity (Wildman–Crippen MR) is 203 cm³/mol. The monoisotopic (exact) mass is 707 g/mol. The number of hydrogen-bond donors (Lipinski definition) is 1. The highest BCUT2D eigenvalue weighted by Gasteiger charge is 2.25. The van der Waals surface area contributed by atoms with E-state index < -0.39 is 24.3 Å². The van der Waals surface area contributed by atoms with Crippen LogP contribution in [0.2, 0.25) is 0 Å². The summed E-state index contributed by atoms with van der Waals surface area (Å²) in [5.74, 6) is -2.07. The maximum absolute atomic E-state index is 12.7. The predicted octanol–water partition coefficient (Wildman–Crippen LogP) is 9.27. The third-order valence-electron chi connectivity index (χ3n) is 7.82. The number of carbonyl (C=O) groups is 3. The van der Waals surface area contributed by atoms with Crippen molar-refractivity contribution < 1.29 is 42.9 Å². The third kappa shape index (κ3) is 33.7. The topological polar surface area (TPSA) is 108 Å². The maximum Gasteiger partial charge on any atom is 0.361 e. The van der Waals surface area contributed by atoms with Crippen molar-refractivity contribution in [1.82, 2.24) is 0 Å². The number of quaternary nitrogens is 1. The molecule has 0 aliphatic rings. The van der Waals surface area contributed by atoms with Gasteiger partial charge in [-0.2, -0.15) is 0 Å². The molecule has 288 valence electrons. The van der Waals surface area contributed by atoms with Gasteiger partial charge >= 0.3 is 17.9 Å². The fourth-order valence-electron chi connectivity index (χ4n) is 4.78. The number of carbonyl (C=O) groups excluding carboxylic acids is 2. The Morgan fingerprint density at radius 1 is 0.620 bits per heavy atom. The number of esters is 2. The number of ether oxygens (including phenoxy) is 4. The first-order valence-electron chi connectivity index (χ1n) is 19.3. The second-order valence-corrected chi connectivity index (χ2v) is 13.8. The number of carboxylic acids is 1. The molecule has 0 aliphatic carbocycles. The SMILES string of the molecule is CC/C=C\C/C=C\C/C=C\CCCCCC(=O)OC(COC(=O)CCCCCCC/C=C\CCCCC)COC(OCC[N+](C)(C)C)C(=O)O. The number of unbranched alkanes of at least 4 members (excludes halogenated alkanes) is 11. The summed E-state index contributed by atoms with van der Waals surface area (Å²) in [4.78, 5) is 36.9. The van der Waals surface area contributed by atoms with E-state index in [-0.39, 0.29) is 38.6 Å². The number of aliphatic carboxylic acids is 1. The van der Waals surface area contributed by atoms with Crippen LogP contribution in [0.25, 0.3) is 0 Å². The lowest BCUT2D eigenvalue weighted by molar-refractivity contribution is -0.870. The molecule has 50 heavy (non-hydrogen) atoms. The van der Waals surface area contributed by atoms with E-state index in [1.54, 1.807) is 0 Å². The van der Waals surface area contributed by atoms with Gasteiger partial charge in [-0.25, -0.2) is 4.79 Å². The first-order valence-corrected chi connectivity index (χ1v) is 19.3. The maximum atomic E-state index is 12.7. The molecular formula is C41H72NO8+. The summed E-state index contributed by atoms with van der Waals surface area (Å²) in [5.41, 5.74) is 0. The molecule has 0 aromatic heterocycles. The quantitative estimate of drug-likeness (QED) is 0.0232. The highest BCUT2D eigenvalue weighted by Crippen LogP contribution is 2.11. The molecule has 0 amide bonds. The molecule has 0 aliphatic heterocycles. The molecule has 0 saturated carbocycles. The van der Waals surface area contributed by atoms with Crippen molar-refractivity contribution in [3.63, 3.8) is 0 Å². The van der Waals surface area contributed by atoms with Crippen molar-refractivity contribution in [2.45, 2.75) is 148 Å². The van der Waals surface area contributed by atoms with Crippen LogP contribution in [0, 0.1) is 0 Å². The lowest BCUT2D eigenvalue weighted by Crippen LogP contribution is -2.40. The third-order valence-corrected chi connectivity index (χ3v) is 7.82. The van der Waals surface area contributed by atoms with Gasteiger partial charge < -0.3 is 28.5 Å². The van der Waals surface area contributed by atoms with E-state index in [9.17, 15) is 19.5 Å². The van der Waals surface area contributed by atoms with Crippen LogP contribution in [0.3, 0.4) is 0 Å². The van der Waals surface area contributed by atoms with Crippen LogP contribution < -0.4 is 0 Å². The molecular weight excluding hydrogens is 634 g/mol. The molecule has 9 heteroatoms. The Morgan fingerprint density at radius 3 is 1.74 bits per heavy atom. The second-order valence-electron chi connectivity index (χ2n) is 13.8. The zero-order valence-electron chi connectivity index (χ0n) is 32.3. The van der Waals surface area contributed by atoms with Gasteiger partial charge in [-0.15, -0.1) is 0 Å². The number of nitrogens with zero attached hydrogens (tertiary/aromatic N) is 1. The highest BCUT2D eigenvalue weighted by atomic mass is 16.7. The first-order chi connectivity index (χ1) is 24.1. The van der Waals surface area contributed by atoms with Crippen LogP contribution in [-0.2, 0) is 33.3 Å². The zero-order chi connectivity index (χ0) is 37.1. The van der Waals surface area contributed by atoms with Crippen LogP contribution >= 0.6 is 0 Å². The Bertz CT molecular complexity index is 966. The van der Waals surface area contributed by atoms with E-state index in [4.69, 9.17) is 18.9 Å². The number of allylic oxidation sites excluding steroid dienone is 8. The molecule has 0 aromatic carbocycles. The van der Waals surface area contributed by atoms with E-state index in [0.29, 0.717) is 17.4 Å². The van der Waals surface area contributed by atoms with Crippen LogP contribution in [-0.4, -0.2) is 87.4 Å². The Labute approximate surface area is 304 Å². The molecule has 9 nitrogen and oxygen atoms in total. The first kappa shape index (κ1) is 47.2. The fourth-order valence-corrected chi connectivity index (χ4v) is 4.78. The van der Waals surface area contributed by atoms with Gasteiger partial charge in [-0.1, -0.05) is 101 Å². The van der Waals surface area contributed by atoms with Gasteiger partial charge in [-0.05, 0) is 70.6 Å². The van der Waals surface area contributed by atoms with Crippen molar-refractivity contribution in [3.8, 4) is 0 Å². The van der Waals surface area contributed by atoms with E-state index in [2.05, 4.69) is 62.5 Å². The summed E-state index contributed by atoms with van der Waals surface area (Å²) in [6.45, 7) is 4.65. The van der Waals surface area contributed by atoms with Crippen LogP contribution in [0.1, 0.15) is 136 Å². The Morgan fingerprint density at radius 2 is 1.14 bits per heavy atom. The molecule has 0 aromatic rings. The van der Waals surface area contributed by atoms with E-state index >= 15 is 0 Å². The van der Waals surface area contributed by atoms with Gasteiger partial charge in [-0.3, -0.25) is 9.59 Å². The summed E-state index contributed by atoms with van der Waals surface area (Å²) < 4.78 is 22.6. The van der Waals surface area contributed by atoms with Crippen molar-refractivity contribution in [2.24, 2.45) is 0 Å². The minimum absolute atomic E-state index is 0.179. The normalized spacial score (nSPS) is 13.5. The van der Waals surface area contributed by atoms with Gasteiger partial charge in [0.25, 0.3) is 6.29 Å². The molecule has 2 atom stereocenters. The number of hydrogen-bond acceptors (Lipinski definition) is 7. The fraction of sp³-hybridized carbons (Fsp3) is 0.732. The number of likely N-dealkylation sites (N-methyl/N-ethyl adjacent to an activating group) is 1. The van der Waals surface area contributed by atoms with Gasteiger partial charge in [0.05, 0.1) is 34.4 Å². The molecule has 0 saturated heterocycles. The lowest BCUT2D eigenvalue weighted by atomic mass is 10.1. The molecule has 0 heterocycles. The summed E-state index contributed by atoms with van der Waals surface area (Å²) in [6, 6.07) is 0. The second kappa shape index (κ2) is 33.4. The smallest absolute Gasteiger partial charge is 0.361 e.